The van der Waals surface area contributed by atoms with Crippen molar-refractivity contribution in [1.29, 1.82) is 5.26 Å². The highest BCUT2D eigenvalue weighted by Crippen LogP contribution is 2.25. The third-order valence-corrected chi connectivity index (χ3v) is 2.48. The average molecular weight is 240 g/mol. The highest BCUT2D eigenvalue weighted by atomic mass is 79.9. The van der Waals surface area contributed by atoms with Crippen LogP contribution in [0.3, 0.4) is 0 Å². The highest BCUT2D eigenvalue weighted by molar-refractivity contribution is 9.10. The van der Waals surface area contributed by atoms with Crippen molar-refractivity contribution in [2.24, 2.45) is 0 Å². The Bertz CT molecular complexity index is 343. The minimum atomic E-state index is -0.491. The van der Waals surface area contributed by atoms with Gasteiger partial charge in [-0.3, -0.25) is 0 Å². The quantitative estimate of drug-likeness (QED) is 0.796. The molecule has 0 saturated carbocycles. The van der Waals surface area contributed by atoms with Crippen molar-refractivity contribution in [3.8, 4) is 6.07 Å². The zero-order valence-electron chi connectivity index (χ0n) is 7.54. The number of aryl methyl sites for hydroxylation is 1. The molecule has 0 amide bonds. The van der Waals surface area contributed by atoms with Crippen LogP contribution in [0.25, 0.3) is 0 Å². The van der Waals surface area contributed by atoms with Gasteiger partial charge in [0.15, 0.2) is 6.10 Å². The molecule has 0 radical (unpaired) electrons. The van der Waals surface area contributed by atoms with Gasteiger partial charge in [-0.2, -0.15) is 5.26 Å². The Hall–Kier alpha value is -0.850. The number of benzene rings is 1. The van der Waals surface area contributed by atoms with Crippen molar-refractivity contribution in [3.63, 3.8) is 0 Å². The molecule has 0 heterocycles. The summed E-state index contributed by atoms with van der Waals surface area (Å²) >= 11 is 3.40. The Morgan fingerprint density at radius 2 is 2.23 bits per heavy atom. The van der Waals surface area contributed by atoms with Gasteiger partial charge < -0.3 is 4.74 Å². The average Bonchev–Trinajstić information content (AvgIpc) is 2.10. The number of ether oxygens (including phenoxy) is 1. The third-order valence-electron chi connectivity index (χ3n) is 1.79. The summed E-state index contributed by atoms with van der Waals surface area (Å²) in [6, 6.07) is 7.91. The molecule has 0 fully saturated rings. The molecule has 0 spiro atoms. The van der Waals surface area contributed by atoms with E-state index in [1.807, 2.05) is 25.1 Å². The molecule has 3 heteroatoms. The number of nitriles is 1. The molecule has 1 rings (SSSR count). The Labute approximate surface area is 86.3 Å². The van der Waals surface area contributed by atoms with Gasteiger partial charge in [0.1, 0.15) is 0 Å². The SMILES string of the molecule is COC(C#N)c1ccc(C)cc1Br. The molecular formula is C10H10BrNO. The number of methoxy groups -OCH3 is 1. The van der Waals surface area contributed by atoms with Crippen LogP contribution in [-0.4, -0.2) is 7.11 Å². The first kappa shape index (κ1) is 10.2. The van der Waals surface area contributed by atoms with E-state index in [0.717, 1.165) is 15.6 Å². The number of nitrogens with zero attached hydrogens (tertiary/aromatic N) is 1. The van der Waals surface area contributed by atoms with Crippen LogP contribution in [0.15, 0.2) is 22.7 Å². The van der Waals surface area contributed by atoms with Crippen LogP contribution in [0.1, 0.15) is 17.2 Å². The summed E-state index contributed by atoms with van der Waals surface area (Å²) in [6.45, 7) is 2.00. The Morgan fingerprint density at radius 1 is 1.54 bits per heavy atom. The van der Waals surface area contributed by atoms with E-state index in [0.29, 0.717) is 0 Å². The van der Waals surface area contributed by atoms with Gasteiger partial charge in [-0.15, -0.1) is 0 Å². The molecule has 0 aliphatic heterocycles. The lowest BCUT2D eigenvalue weighted by Gasteiger charge is -2.09. The highest BCUT2D eigenvalue weighted by Gasteiger charge is 2.11. The van der Waals surface area contributed by atoms with E-state index in [2.05, 4.69) is 22.0 Å². The molecule has 68 valence electrons. The summed E-state index contributed by atoms with van der Waals surface area (Å²) in [7, 11) is 1.53. The second kappa shape index (κ2) is 4.40. The van der Waals surface area contributed by atoms with Gasteiger partial charge in [0, 0.05) is 17.1 Å². The first-order valence-electron chi connectivity index (χ1n) is 3.87. The van der Waals surface area contributed by atoms with Gasteiger partial charge in [-0.05, 0) is 18.6 Å². The summed E-state index contributed by atoms with van der Waals surface area (Å²) in [5.41, 5.74) is 2.03. The van der Waals surface area contributed by atoms with Gasteiger partial charge in [0.25, 0.3) is 0 Å². The summed E-state index contributed by atoms with van der Waals surface area (Å²) in [5, 5.41) is 8.78. The fourth-order valence-electron chi connectivity index (χ4n) is 1.09. The van der Waals surface area contributed by atoms with Crippen LogP contribution in [0.5, 0.6) is 0 Å². The smallest absolute Gasteiger partial charge is 0.169 e. The molecule has 1 aromatic rings. The van der Waals surface area contributed by atoms with Crippen molar-refractivity contribution < 1.29 is 4.74 Å². The molecule has 0 N–H and O–H groups in total. The number of hydrogen-bond acceptors (Lipinski definition) is 2. The molecule has 0 aliphatic rings. The van der Waals surface area contributed by atoms with E-state index in [1.165, 1.54) is 7.11 Å². The predicted molar refractivity (Wildman–Crippen MR) is 54.2 cm³/mol. The van der Waals surface area contributed by atoms with Crippen molar-refractivity contribution >= 4 is 15.9 Å². The first-order valence-corrected chi connectivity index (χ1v) is 4.66. The van der Waals surface area contributed by atoms with Gasteiger partial charge >= 0.3 is 0 Å². The zero-order chi connectivity index (χ0) is 9.84. The van der Waals surface area contributed by atoms with Crippen molar-refractivity contribution in [2.75, 3.05) is 7.11 Å². The largest absolute Gasteiger partial charge is 0.362 e. The molecule has 0 aliphatic carbocycles. The second-order valence-corrected chi connectivity index (χ2v) is 3.62. The van der Waals surface area contributed by atoms with Crippen molar-refractivity contribution in [3.05, 3.63) is 33.8 Å². The Kier molecular flexibility index (Phi) is 3.47. The number of hydrogen-bond donors (Lipinski definition) is 0. The van der Waals surface area contributed by atoms with Crippen LogP contribution in [0.2, 0.25) is 0 Å². The fraction of sp³-hybridized carbons (Fsp3) is 0.300. The number of halogens is 1. The van der Waals surface area contributed by atoms with E-state index in [-0.39, 0.29) is 0 Å². The number of rotatable bonds is 2. The lowest BCUT2D eigenvalue weighted by molar-refractivity contribution is 0.148. The molecule has 13 heavy (non-hydrogen) atoms. The molecule has 2 nitrogen and oxygen atoms in total. The molecule has 1 aromatic carbocycles. The van der Waals surface area contributed by atoms with Gasteiger partial charge in [-0.25, -0.2) is 0 Å². The third kappa shape index (κ3) is 2.30. The van der Waals surface area contributed by atoms with Crippen molar-refractivity contribution in [1.82, 2.24) is 0 Å². The standard InChI is InChI=1S/C10H10BrNO/c1-7-3-4-8(9(11)5-7)10(6-12)13-2/h3-5,10H,1-2H3. The van der Waals surface area contributed by atoms with Crippen LogP contribution in [0, 0.1) is 18.3 Å². The fourth-order valence-corrected chi connectivity index (χ4v) is 1.80. The molecule has 1 atom stereocenters. The minimum Gasteiger partial charge on any atom is -0.362 e. The summed E-state index contributed by atoms with van der Waals surface area (Å²) in [6.07, 6.45) is -0.491. The minimum absolute atomic E-state index is 0.491. The van der Waals surface area contributed by atoms with Crippen LogP contribution in [-0.2, 0) is 4.74 Å². The molecule has 0 bridgehead atoms. The summed E-state index contributed by atoms with van der Waals surface area (Å²) in [4.78, 5) is 0. The summed E-state index contributed by atoms with van der Waals surface area (Å²) < 4.78 is 5.93. The van der Waals surface area contributed by atoms with E-state index in [1.54, 1.807) is 0 Å². The van der Waals surface area contributed by atoms with Crippen LogP contribution >= 0.6 is 15.9 Å². The lowest BCUT2D eigenvalue weighted by Crippen LogP contribution is -1.99. The molecule has 0 aromatic heterocycles. The zero-order valence-corrected chi connectivity index (χ0v) is 9.13. The first-order chi connectivity index (χ1) is 6.19. The lowest BCUT2D eigenvalue weighted by atomic mass is 10.1. The summed E-state index contributed by atoms with van der Waals surface area (Å²) in [5.74, 6) is 0. The molecular weight excluding hydrogens is 230 g/mol. The Balaban J connectivity index is 3.09. The van der Waals surface area contributed by atoms with E-state index < -0.39 is 6.10 Å². The normalized spacial score (nSPS) is 12.2. The Morgan fingerprint density at radius 3 is 2.69 bits per heavy atom. The molecule has 0 saturated heterocycles. The van der Waals surface area contributed by atoms with Gasteiger partial charge in [0.2, 0.25) is 0 Å². The van der Waals surface area contributed by atoms with Gasteiger partial charge in [0.05, 0.1) is 6.07 Å². The maximum Gasteiger partial charge on any atom is 0.169 e. The maximum atomic E-state index is 8.78. The second-order valence-electron chi connectivity index (χ2n) is 2.77. The van der Waals surface area contributed by atoms with Crippen LogP contribution in [0.4, 0.5) is 0 Å². The van der Waals surface area contributed by atoms with Gasteiger partial charge in [-0.1, -0.05) is 28.1 Å². The maximum absolute atomic E-state index is 8.78. The van der Waals surface area contributed by atoms with Crippen LogP contribution < -0.4 is 0 Å². The van der Waals surface area contributed by atoms with E-state index in [4.69, 9.17) is 10.00 Å². The predicted octanol–water partition coefficient (Wildman–Crippen LogP) is 2.97. The topological polar surface area (TPSA) is 33.0 Å². The monoisotopic (exact) mass is 239 g/mol. The van der Waals surface area contributed by atoms with Crippen molar-refractivity contribution in [2.45, 2.75) is 13.0 Å². The van der Waals surface area contributed by atoms with E-state index in [9.17, 15) is 0 Å². The van der Waals surface area contributed by atoms with E-state index >= 15 is 0 Å². The molecule has 1 unspecified atom stereocenters.